The average molecular weight is 493 g/mol. The topological polar surface area (TPSA) is 75.4 Å². The largest absolute Gasteiger partial charge is 0.416 e. The first-order valence-electron chi connectivity index (χ1n) is 11.3. The van der Waals surface area contributed by atoms with Gasteiger partial charge in [0.05, 0.1) is 23.5 Å². The minimum absolute atomic E-state index is 0.0476. The van der Waals surface area contributed by atoms with Gasteiger partial charge in [0.25, 0.3) is 5.91 Å². The molecule has 1 N–H and O–H groups in total. The Labute approximate surface area is 206 Å². The quantitative estimate of drug-likeness (QED) is 0.397. The molecule has 0 aliphatic carbocycles. The van der Waals surface area contributed by atoms with Crippen LogP contribution in [0.15, 0.2) is 61.4 Å². The third kappa shape index (κ3) is 5.70. The fourth-order valence-electron chi connectivity index (χ4n) is 3.65. The summed E-state index contributed by atoms with van der Waals surface area (Å²) >= 11 is 0. The summed E-state index contributed by atoms with van der Waals surface area (Å²) in [5.41, 5.74) is 1.36. The number of hydrogen-bond donors (Lipinski definition) is 1. The van der Waals surface area contributed by atoms with E-state index in [2.05, 4.69) is 32.1 Å². The third-order valence-corrected chi connectivity index (χ3v) is 5.61. The van der Waals surface area contributed by atoms with E-state index in [1.165, 1.54) is 30.6 Å². The van der Waals surface area contributed by atoms with Crippen molar-refractivity contribution in [3.63, 3.8) is 0 Å². The Kier molecular flexibility index (Phi) is 7.31. The van der Waals surface area contributed by atoms with Crippen LogP contribution in [0.4, 0.5) is 18.9 Å². The summed E-state index contributed by atoms with van der Waals surface area (Å²) < 4.78 is 43.0. The molecular weight excluding hydrogens is 469 g/mol. The van der Waals surface area contributed by atoms with Crippen molar-refractivity contribution in [2.75, 3.05) is 18.4 Å². The van der Waals surface area contributed by atoms with Crippen LogP contribution in [0.1, 0.15) is 46.6 Å². The molecule has 1 amide bonds. The second kappa shape index (κ2) is 10.6. The molecule has 0 fully saturated rings. The molecule has 0 unspecified atom stereocenters. The highest BCUT2D eigenvalue weighted by Gasteiger charge is 2.34. The molecule has 3 heterocycles. The number of pyridine rings is 1. The summed E-state index contributed by atoms with van der Waals surface area (Å²) in [5, 5.41) is 2.54. The predicted molar refractivity (Wildman–Crippen MR) is 129 cm³/mol. The van der Waals surface area contributed by atoms with Crippen LogP contribution in [0.25, 0.3) is 5.65 Å². The minimum Gasteiger partial charge on any atom is -0.322 e. The highest BCUT2D eigenvalue weighted by Crippen LogP contribution is 2.34. The molecule has 0 atom stereocenters. The van der Waals surface area contributed by atoms with Gasteiger partial charge >= 0.3 is 6.18 Å². The molecule has 4 aromatic rings. The van der Waals surface area contributed by atoms with Crippen LogP contribution in [0.5, 0.6) is 0 Å². The van der Waals surface area contributed by atoms with Gasteiger partial charge in [-0.3, -0.25) is 24.1 Å². The zero-order valence-electron chi connectivity index (χ0n) is 19.7. The molecule has 0 saturated carbocycles. The van der Waals surface area contributed by atoms with Gasteiger partial charge in [-0.1, -0.05) is 25.8 Å². The van der Waals surface area contributed by atoms with Crippen LogP contribution in [-0.2, 0) is 12.7 Å². The molecule has 1 aromatic carbocycles. The van der Waals surface area contributed by atoms with E-state index >= 15 is 0 Å². The van der Waals surface area contributed by atoms with Crippen LogP contribution in [-0.4, -0.2) is 43.2 Å². The fourth-order valence-corrected chi connectivity index (χ4v) is 3.65. The Morgan fingerprint density at radius 1 is 1.06 bits per heavy atom. The van der Waals surface area contributed by atoms with Crippen molar-refractivity contribution in [2.24, 2.45) is 0 Å². The summed E-state index contributed by atoms with van der Waals surface area (Å²) in [6, 6.07) is 5.37. The number of benzene rings is 1. The number of fused-ring (bicyclic) bond motifs is 1. The Bertz CT molecular complexity index is 1450. The molecule has 10 heteroatoms. The van der Waals surface area contributed by atoms with Crippen molar-refractivity contribution in [3.8, 4) is 11.8 Å². The minimum atomic E-state index is -4.55. The number of alkyl halides is 3. The third-order valence-electron chi connectivity index (χ3n) is 5.61. The first-order chi connectivity index (χ1) is 17.3. The Morgan fingerprint density at radius 2 is 1.86 bits per heavy atom. The molecule has 0 aliphatic rings. The second-order valence-corrected chi connectivity index (χ2v) is 7.95. The van der Waals surface area contributed by atoms with E-state index in [1.807, 2.05) is 18.7 Å². The van der Waals surface area contributed by atoms with Crippen molar-refractivity contribution in [3.05, 3.63) is 89.4 Å². The van der Waals surface area contributed by atoms with Gasteiger partial charge in [-0.25, -0.2) is 4.98 Å². The number of rotatable bonds is 6. The van der Waals surface area contributed by atoms with Gasteiger partial charge in [-0.15, -0.1) is 0 Å². The number of nitrogens with zero attached hydrogens (tertiary/aromatic N) is 5. The highest BCUT2D eigenvalue weighted by atomic mass is 19.4. The Morgan fingerprint density at radius 3 is 2.61 bits per heavy atom. The lowest BCUT2D eigenvalue weighted by Gasteiger charge is -2.21. The lowest BCUT2D eigenvalue weighted by Crippen LogP contribution is -2.24. The zero-order valence-corrected chi connectivity index (χ0v) is 19.7. The summed E-state index contributed by atoms with van der Waals surface area (Å²) in [7, 11) is 0. The SMILES string of the molecule is CCN(CC)Cc1ccc(NC(=O)c2cncc(C#Cc3cnc4cnccn34)c2)cc1C(F)(F)F. The van der Waals surface area contributed by atoms with Gasteiger partial charge in [-0.05, 0) is 42.8 Å². The van der Waals surface area contributed by atoms with Gasteiger partial charge in [0.15, 0.2) is 5.65 Å². The van der Waals surface area contributed by atoms with Crippen molar-refractivity contribution in [2.45, 2.75) is 26.6 Å². The van der Waals surface area contributed by atoms with Gasteiger partial charge in [0, 0.05) is 42.6 Å². The van der Waals surface area contributed by atoms with Gasteiger partial charge in [-0.2, -0.15) is 13.2 Å². The van der Waals surface area contributed by atoms with Gasteiger partial charge in [0.1, 0.15) is 5.69 Å². The van der Waals surface area contributed by atoms with Crippen LogP contribution in [0.2, 0.25) is 0 Å². The standard InChI is InChI=1S/C26H23F3N6O/c1-3-34(4-2)17-19-6-7-21(12-23(19)26(27,28)29)33-25(36)20-11-18(13-31-14-20)5-8-22-15-32-24-16-30-9-10-35(22)24/h6-7,9-16H,3-4,17H2,1-2H3,(H,33,36). The predicted octanol–water partition coefficient (Wildman–Crippen LogP) is 4.64. The monoisotopic (exact) mass is 492 g/mol. The summed E-state index contributed by atoms with van der Waals surface area (Å²) in [5.74, 6) is 5.33. The van der Waals surface area contributed by atoms with Gasteiger partial charge < -0.3 is 5.32 Å². The number of carbonyl (C=O) groups is 1. The molecule has 0 spiro atoms. The van der Waals surface area contributed by atoms with E-state index in [9.17, 15) is 18.0 Å². The number of nitrogens with one attached hydrogen (secondary N) is 1. The molecule has 184 valence electrons. The molecule has 7 nitrogen and oxygen atoms in total. The lowest BCUT2D eigenvalue weighted by molar-refractivity contribution is -0.138. The molecule has 0 bridgehead atoms. The van der Waals surface area contributed by atoms with E-state index in [0.29, 0.717) is 30.0 Å². The van der Waals surface area contributed by atoms with Crippen molar-refractivity contribution >= 4 is 17.2 Å². The average Bonchev–Trinajstić information content (AvgIpc) is 3.29. The first kappa shape index (κ1) is 24.9. The van der Waals surface area contributed by atoms with Crippen molar-refractivity contribution < 1.29 is 18.0 Å². The van der Waals surface area contributed by atoms with Crippen LogP contribution >= 0.6 is 0 Å². The Hall–Kier alpha value is -4.23. The van der Waals surface area contributed by atoms with Crippen LogP contribution < -0.4 is 5.32 Å². The molecule has 3 aromatic heterocycles. The van der Waals surface area contributed by atoms with E-state index in [-0.39, 0.29) is 23.4 Å². The number of halogens is 3. The number of aromatic nitrogens is 4. The maximum atomic E-state index is 13.7. The van der Waals surface area contributed by atoms with Crippen molar-refractivity contribution in [1.29, 1.82) is 0 Å². The van der Waals surface area contributed by atoms with Crippen LogP contribution in [0, 0.1) is 11.8 Å². The first-order valence-corrected chi connectivity index (χ1v) is 11.3. The van der Waals surface area contributed by atoms with E-state index in [1.54, 1.807) is 29.2 Å². The molecule has 0 aliphatic heterocycles. The summed E-state index contributed by atoms with van der Waals surface area (Å²) in [6.45, 7) is 5.23. The number of anilines is 1. The molecule has 36 heavy (non-hydrogen) atoms. The van der Waals surface area contributed by atoms with Crippen LogP contribution in [0.3, 0.4) is 0 Å². The van der Waals surface area contributed by atoms with E-state index in [0.717, 1.165) is 6.07 Å². The highest BCUT2D eigenvalue weighted by molar-refractivity contribution is 6.04. The van der Waals surface area contributed by atoms with E-state index < -0.39 is 17.6 Å². The molecule has 0 saturated heterocycles. The maximum absolute atomic E-state index is 13.7. The number of carbonyl (C=O) groups excluding carboxylic acids is 1. The zero-order chi connectivity index (χ0) is 25.7. The van der Waals surface area contributed by atoms with E-state index in [4.69, 9.17) is 0 Å². The fraction of sp³-hybridized carbons (Fsp3) is 0.231. The normalized spacial score (nSPS) is 11.4. The molecule has 4 rings (SSSR count). The maximum Gasteiger partial charge on any atom is 0.416 e. The smallest absolute Gasteiger partial charge is 0.322 e. The molecule has 0 radical (unpaired) electrons. The molecular formula is C26H23F3N6O. The lowest BCUT2D eigenvalue weighted by atomic mass is 10.0. The summed E-state index contributed by atoms with van der Waals surface area (Å²) in [6.07, 6.45) is 4.85. The number of amides is 1. The number of hydrogen-bond acceptors (Lipinski definition) is 5. The number of imidazole rings is 1. The second-order valence-electron chi connectivity index (χ2n) is 7.95. The van der Waals surface area contributed by atoms with Gasteiger partial charge in [0.2, 0.25) is 0 Å². The Balaban J connectivity index is 1.54. The summed E-state index contributed by atoms with van der Waals surface area (Å²) in [4.78, 5) is 26.9. The van der Waals surface area contributed by atoms with Crippen molar-refractivity contribution in [1.82, 2.24) is 24.3 Å².